The molecule has 0 aromatic heterocycles. The van der Waals surface area contributed by atoms with Crippen LogP contribution in [0.15, 0.2) is 0 Å². The molecule has 0 rings (SSSR count). The zero-order valence-electron chi connectivity index (χ0n) is 1.60. The molecule has 0 aromatic rings. The third-order valence-corrected chi connectivity index (χ3v) is 0. The Bertz CT molecular complexity index is 27.0. The predicted molar refractivity (Wildman–Crippen MR) is 11.5 cm³/mol. The Morgan fingerprint density at radius 3 is 1.25 bits per heavy atom. The van der Waals surface area contributed by atoms with Crippen LogP contribution in [0.4, 0.5) is 0 Å². The van der Waals surface area contributed by atoms with E-state index < -0.39 is 0 Å². The molecule has 0 atom stereocenters. The van der Waals surface area contributed by atoms with Gasteiger partial charge < -0.3 is 0 Å². The molecule has 0 fully saturated rings. The van der Waals surface area contributed by atoms with Crippen molar-refractivity contribution < 1.29 is 30.3 Å². The second-order valence-electron chi connectivity index (χ2n) is 0.0680. The van der Waals surface area contributed by atoms with Gasteiger partial charge in [0.1, 0.15) is 0 Å². The summed E-state index contributed by atoms with van der Waals surface area (Å²) in [7, 11) is 0. The molecule has 0 amide bonds. The fourth-order valence-electron chi connectivity index (χ4n) is 0. The van der Waals surface area contributed by atoms with Gasteiger partial charge in [-0.15, -0.1) is 0 Å². The average Bonchev–Trinajstić information content (AvgIpc) is 0.918. The van der Waals surface area contributed by atoms with Gasteiger partial charge in [-0.05, 0) is 0 Å². The van der Waals surface area contributed by atoms with Gasteiger partial charge in [-0.25, -0.2) is 0 Å². The van der Waals surface area contributed by atoms with E-state index in [4.69, 9.17) is 0 Å². The van der Waals surface area contributed by atoms with Gasteiger partial charge in [0.2, 0.25) is 0 Å². The van der Waals surface area contributed by atoms with Crippen LogP contribution in [0, 0.1) is 0 Å². The second-order valence-corrected chi connectivity index (χ2v) is 10.9. The summed E-state index contributed by atoms with van der Waals surface area (Å²) in [5.41, 5.74) is 0. The van der Waals surface area contributed by atoms with E-state index in [2.05, 4.69) is 25.6 Å². The SMILES string of the molecule is [Mn].[Se]=[Mo]=[Se]. The van der Waals surface area contributed by atoms with Gasteiger partial charge in [-0.1, -0.05) is 0 Å². The van der Waals surface area contributed by atoms with Crippen LogP contribution in [0.1, 0.15) is 0 Å². The summed E-state index contributed by atoms with van der Waals surface area (Å²) >= 11 is 5.98. The molecule has 0 unspecified atom stereocenters. The molecule has 0 aliphatic carbocycles. The molecule has 0 aliphatic rings. The van der Waals surface area contributed by atoms with Crippen LogP contribution in [0.3, 0.4) is 0 Å². The van der Waals surface area contributed by atoms with Crippen molar-refractivity contribution in [2.45, 2.75) is 0 Å². The molecule has 0 bridgehead atoms. The second kappa shape index (κ2) is 8.98. The molecule has 0 saturated carbocycles. The van der Waals surface area contributed by atoms with Crippen LogP contribution in [-0.2, 0) is 30.3 Å². The molecule has 0 aliphatic heterocycles. The molecule has 4 heavy (non-hydrogen) atoms. The van der Waals surface area contributed by atoms with Crippen LogP contribution >= 0.6 is 0 Å². The minimum absolute atomic E-state index is 0. The van der Waals surface area contributed by atoms with Gasteiger partial charge in [0, 0.05) is 17.1 Å². The van der Waals surface area contributed by atoms with Crippen molar-refractivity contribution in [3.63, 3.8) is 0 Å². The molecular weight excluding hydrogens is 309 g/mol. The molecule has 0 spiro atoms. The predicted octanol–water partition coefficient (Wildman–Crippen LogP) is -0.767. The summed E-state index contributed by atoms with van der Waals surface area (Å²) in [6.45, 7) is 0. The van der Waals surface area contributed by atoms with Crippen molar-refractivity contribution >= 4 is 25.6 Å². The number of hydrogen-bond donors (Lipinski definition) is 0. The maximum atomic E-state index is 2.88. The van der Waals surface area contributed by atoms with Crippen LogP contribution in [0.25, 0.3) is 0 Å². The van der Waals surface area contributed by atoms with E-state index in [-0.39, 0.29) is 30.3 Å². The summed E-state index contributed by atoms with van der Waals surface area (Å²) in [6, 6.07) is 0. The Kier molecular flexibility index (Phi) is 21.4. The molecule has 0 heterocycles. The van der Waals surface area contributed by atoms with Crippen molar-refractivity contribution in [3.8, 4) is 0 Å². The molecule has 25 valence electrons. The van der Waals surface area contributed by atoms with E-state index in [9.17, 15) is 0 Å². The van der Waals surface area contributed by atoms with E-state index in [0.29, 0.717) is 0 Å². The summed E-state index contributed by atoms with van der Waals surface area (Å²) < 4.78 is 0. The summed E-state index contributed by atoms with van der Waals surface area (Å²) in [6.07, 6.45) is 0. The quantitative estimate of drug-likeness (QED) is 0.516. The van der Waals surface area contributed by atoms with Gasteiger partial charge in [0.05, 0.1) is 0 Å². The fourth-order valence-corrected chi connectivity index (χ4v) is 0. The van der Waals surface area contributed by atoms with E-state index in [1.165, 1.54) is 0 Å². The molecule has 0 nitrogen and oxygen atoms in total. The average molecular weight is 309 g/mol. The first-order chi connectivity index (χ1) is 1.41. The summed E-state index contributed by atoms with van der Waals surface area (Å²) in [5.74, 6) is 0. The Morgan fingerprint density at radius 2 is 1.25 bits per heavy atom. The standard InChI is InChI=1S/Mn.Mo.2Se. The van der Waals surface area contributed by atoms with Crippen LogP contribution in [0.5, 0.6) is 0 Å². The zero-order valence-corrected chi connectivity index (χ0v) is 8.22. The van der Waals surface area contributed by atoms with Gasteiger partial charge >= 0.3 is 38.9 Å². The zero-order chi connectivity index (χ0) is 2.71. The molecule has 1 radical (unpaired) electrons. The van der Waals surface area contributed by atoms with Crippen molar-refractivity contribution in [1.29, 1.82) is 0 Å². The Hall–Kier alpha value is 2.25. The summed E-state index contributed by atoms with van der Waals surface area (Å²) in [4.78, 5) is 0. The van der Waals surface area contributed by atoms with Crippen LogP contribution in [0.2, 0.25) is 0 Å². The van der Waals surface area contributed by atoms with E-state index in [1.54, 1.807) is 0 Å². The Labute approximate surface area is 55.2 Å². The van der Waals surface area contributed by atoms with E-state index in [1.807, 2.05) is 0 Å². The Balaban J connectivity index is 0. The minimum atomic E-state index is 0. The van der Waals surface area contributed by atoms with Gasteiger partial charge in [-0.2, -0.15) is 0 Å². The van der Waals surface area contributed by atoms with Crippen molar-refractivity contribution in [2.24, 2.45) is 0 Å². The van der Waals surface area contributed by atoms with Crippen LogP contribution in [-0.4, -0.2) is 25.6 Å². The normalized spacial score (nSPS) is 3.00. The number of rotatable bonds is 0. The molecular formula is MnMoSe2. The number of hydrogen-bond acceptors (Lipinski definition) is 0. The first-order valence-corrected chi connectivity index (χ1v) is 10.2. The topological polar surface area (TPSA) is 0 Å². The monoisotopic (exact) mass is 313 g/mol. The van der Waals surface area contributed by atoms with E-state index >= 15 is 0 Å². The van der Waals surface area contributed by atoms with Crippen molar-refractivity contribution in [3.05, 3.63) is 0 Å². The molecule has 0 aromatic carbocycles. The maximum absolute atomic E-state index is 2.88. The van der Waals surface area contributed by atoms with Crippen molar-refractivity contribution in [1.82, 2.24) is 0 Å². The van der Waals surface area contributed by atoms with Crippen molar-refractivity contribution in [2.75, 3.05) is 0 Å². The summed E-state index contributed by atoms with van der Waals surface area (Å²) in [5, 5.41) is 0. The molecule has 0 N–H and O–H groups in total. The van der Waals surface area contributed by atoms with E-state index in [0.717, 1.165) is 0 Å². The third-order valence-electron chi connectivity index (χ3n) is 0. The van der Waals surface area contributed by atoms with Gasteiger partial charge in [0.25, 0.3) is 0 Å². The molecule has 0 saturated heterocycles. The molecule has 4 heteroatoms. The van der Waals surface area contributed by atoms with Crippen LogP contribution < -0.4 is 0 Å². The Morgan fingerprint density at radius 1 is 1.25 bits per heavy atom. The third kappa shape index (κ3) is 8.87. The van der Waals surface area contributed by atoms with Gasteiger partial charge in [-0.3, -0.25) is 0 Å². The fraction of sp³-hybridized carbons (Fsp3) is 0. The van der Waals surface area contributed by atoms with Gasteiger partial charge in [0.15, 0.2) is 0 Å². The first-order valence-electron chi connectivity index (χ1n) is 0.333. The first kappa shape index (κ1) is 9.54.